The summed E-state index contributed by atoms with van der Waals surface area (Å²) in [6.45, 7) is 5.37. The first-order chi connectivity index (χ1) is 14.2. The highest BCUT2D eigenvalue weighted by Gasteiger charge is 2.10. The molecule has 150 valence electrons. The summed E-state index contributed by atoms with van der Waals surface area (Å²) in [7, 11) is 0. The predicted molar refractivity (Wildman–Crippen MR) is 114 cm³/mol. The second-order valence-corrected chi connectivity index (χ2v) is 6.28. The quantitative estimate of drug-likeness (QED) is 0.537. The van der Waals surface area contributed by atoms with E-state index >= 15 is 0 Å². The van der Waals surface area contributed by atoms with Gasteiger partial charge in [-0.25, -0.2) is 0 Å². The molecule has 3 aromatic rings. The maximum absolute atomic E-state index is 12.6. The first kappa shape index (κ1) is 20.3. The van der Waals surface area contributed by atoms with Crippen molar-refractivity contribution >= 4 is 11.6 Å². The Bertz CT molecular complexity index is 923. The lowest BCUT2D eigenvalue weighted by Gasteiger charge is -2.13. The van der Waals surface area contributed by atoms with Crippen molar-refractivity contribution in [2.45, 2.75) is 20.5 Å². The normalized spacial score (nSPS) is 10.3. The molecule has 0 bridgehead atoms. The first-order valence-electron chi connectivity index (χ1n) is 9.67. The summed E-state index contributed by atoms with van der Waals surface area (Å²) in [4.78, 5) is 12.6. The molecule has 0 aliphatic carbocycles. The number of benzene rings is 3. The number of anilines is 1. The molecule has 5 heteroatoms. The van der Waals surface area contributed by atoms with Crippen LogP contribution in [0.25, 0.3) is 0 Å². The van der Waals surface area contributed by atoms with Gasteiger partial charge in [-0.3, -0.25) is 4.79 Å². The molecular formula is C24H25NO4. The zero-order valence-corrected chi connectivity index (χ0v) is 16.7. The highest BCUT2D eigenvalue weighted by Crippen LogP contribution is 2.30. The van der Waals surface area contributed by atoms with Crippen molar-refractivity contribution in [1.82, 2.24) is 0 Å². The van der Waals surface area contributed by atoms with Crippen LogP contribution in [0.2, 0.25) is 0 Å². The third-order valence-electron chi connectivity index (χ3n) is 4.17. The van der Waals surface area contributed by atoms with Crippen LogP contribution in [0, 0.1) is 0 Å². The number of carbonyl (C=O) groups is 1. The van der Waals surface area contributed by atoms with Gasteiger partial charge in [-0.1, -0.05) is 30.3 Å². The molecule has 3 aromatic carbocycles. The van der Waals surface area contributed by atoms with Crippen LogP contribution in [-0.2, 0) is 6.61 Å². The van der Waals surface area contributed by atoms with Crippen molar-refractivity contribution < 1.29 is 19.0 Å². The number of nitrogens with one attached hydrogen (secondary N) is 1. The van der Waals surface area contributed by atoms with Gasteiger partial charge in [-0.15, -0.1) is 0 Å². The molecule has 0 fully saturated rings. The minimum Gasteiger partial charge on any atom is -0.490 e. The lowest BCUT2D eigenvalue weighted by atomic mass is 10.2. The van der Waals surface area contributed by atoms with E-state index in [1.165, 1.54) is 0 Å². The zero-order valence-electron chi connectivity index (χ0n) is 16.7. The molecule has 0 atom stereocenters. The molecule has 0 saturated carbocycles. The molecule has 0 radical (unpaired) electrons. The van der Waals surface area contributed by atoms with Crippen molar-refractivity contribution in [3.05, 3.63) is 83.9 Å². The summed E-state index contributed by atoms with van der Waals surface area (Å²) in [6.07, 6.45) is 0. The molecule has 1 amide bonds. The first-order valence-corrected chi connectivity index (χ1v) is 9.67. The van der Waals surface area contributed by atoms with Crippen molar-refractivity contribution in [2.24, 2.45) is 0 Å². The molecule has 5 nitrogen and oxygen atoms in total. The maximum atomic E-state index is 12.6. The van der Waals surface area contributed by atoms with E-state index in [9.17, 15) is 4.79 Å². The molecule has 0 heterocycles. The van der Waals surface area contributed by atoms with Crippen molar-refractivity contribution in [3.63, 3.8) is 0 Å². The van der Waals surface area contributed by atoms with E-state index in [1.54, 1.807) is 42.5 Å². The second kappa shape index (κ2) is 10.2. The van der Waals surface area contributed by atoms with Crippen molar-refractivity contribution in [2.75, 3.05) is 18.5 Å². The van der Waals surface area contributed by atoms with E-state index in [-0.39, 0.29) is 5.91 Å². The average Bonchev–Trinajstić information content (AvgIpc) is 2.75. The number of hydrogen-bond acceptors (Lipinski definition) is 4. The van der Waals surface area contributed by atoms with E-state index in [4.69, 9.17) is 14.2 Å². The third kappa shape index (κ3) is 5.75. The van der Waals surface area contributed by atoms with Crippen LogP contribution in [0.3, 0.4) is 0 Å². The number of hydrogen-bond donors (Lipinski definition) is 1. The standard InChI is InChI=1S/C24H25NO4/c1-3-27-22-15-12-20(16-23(22)28-4-2)25-24(26)19-10-13-21(14-11-19)29-17-18-8-6-5-7-9-18/h5-16H,3-4,17H2,1-2H3,(H,25,26). The van der Waals surface area contributed by atoms with Crippen LogP contribution in [-0.4, -0.2) is 19.1 Å². The van der Waals surface area contributed by atoms with Gasteiger partial charge in [0.1, 0.15) is 12.4 Å². The van der Waals surface area contributed by atoms with Crippen LogP contribution in [0.1, 0.15) is 29.8 Å². The Balaban J connectivity index is 1.62. The van der Waals surface area contributed by atoms with Crippen LogP contribution in [0.4, 0.5) is 5.69 Å². The molecule has 3 rings (SSSR count). The number of ether oxygens (including phenoxy) is 3. The highest BCUT2D eigenvalue weighted by molar-refractivity contribution is 6.04. The third-order valence-corrected chi connectivity index (χ3v) is 4.17. The van der Waals surface area contributed by atoms with Crippen molar-refractivity contribution in [3.8, 4) is 17.2 Å². The fourth-order valence-corrected chi connectivity index (χ4v) is 2.78. The maximum Gasteiger partial charge on any atom is 0.255 e. The van der Waals surface area contributed by atoms with Crippen LogP contribution in [0.5, 0.6) is 17.2 Å². The van der Waals surface area contributed by atoms with Gasteiger partial charge < -0.3 is 19.5 Å². The number of rotatable bonds is 9. The second-order valence-electron chi connectivity index (χ2n) is 6.28. The summed E-state index contributed by atoms with van der Waals surface area (Å²) in [5.41, 5.74) is 2.28. The largest absolute Gasteiger partial charge is 0.490 e. The molecular weight excluding hydrogens is 366 g/mol. The Morgan fingerprint density at radius 3 is 2.17 bits per heavy atom. The minimum atomic E-state index is -0.203. The van der Waals surface area contributed by atoms with E-state index < -0.39 is 0 Å². The Morgan fingerprint density at radius 1 is 0.793 bits per heavy atom. The van der Waals surface area contributed by atoms with Crippen molar-refractivity contribution in [1.29, 1.82) is 0 Å². The molecule has 29 heavy (non-hydrogen) atoms. The zero-order chi connectivity index (χ0) is 20.5. The van der Waals surface area contributed by atoms with Crippen LogP contribution >= 0.6 is 0 Å². The highest BCUT2D eigenvalue weighted by atomic mass is 16.5. The lowest BCUT2D eigenvalue weighted by molar-refractivity contribution is 0.102. The van der Waals surface area contributed by atoms with Crippen LogP contribution < -0.4 is 19.5 Å². The molecule has 0 spiro atoms. The van der Waals surface area contributed by atoms with Gasteiger partial charge in [0.2, 0.25) is 0 Å². The number of amides is 1. The van der Waals surface area contributed by atoms with E-state index in [1.807, 2.05) is 44.2 Å². The average molecular weight is 391 g/mol. The molecule has 0 aliphatic rings. The Hall–Kier alpha value is -3.47. The monoisotopic (exact) mass is 391 g/mol. The molecule has 0 saturated heterocycles. The SMILES string of the molecule is CCOc1ccc(NC(=O)c2ccc(OCc3ccccc3)cc2)cc1OCC. The predicted octanol–water partition coefficient (Wildman–Crippen LogP) is 5.32. The summed E-state index contributed by atoms with van der Waals surface area (Å²) in [5.74, 6) is 1.78. The smallest absolute Gasteiger partial charge is 0.255 e. The summed E-state index contributed by atoms with van der Waals surface area (Å²) < 4.78 is 16.9. The topological polar surface area (TPSA) is 56.8 Å². The van der Waals surface area contributed by atoms with Gasteiger partial charge in [0.15, 0.2) is 11.5 Å². The van der Waals surface area contributed by atoms with Gasteiger partial charge in [-0.2, -0.15) is 0 Å². The molecule has 0 aliphatic heterocycles. The Kier molecular flexibility index (Phi) is 7.11. The van der Waals surface area contributed by atoms with Gasteiger partial charge in [0.25, 0.3) is 5.91 Å². The minimum absolute atomic E-state index is 0.203. The lowest BCUT2D eigenvalue weighted by Crippen LogP contribution is -2.12. The van der Waals surface area contributed by atoms with Crippen LogP contribution in [0.15, 0.2) is 72.8 Å². The van der Waals surface area contributed by atoms with Gasteiger partial charge in [0.05, 0.1) is 13.2 Å². The van der Waals surface area contributed by atoms with Gasteiger partial charge in [0, 0.05) is 17.3 Å². The van der Waals surface area contributed by atoms with E-state index in [2.05, 4.69) is 5.32 Å². The summed E-state index contributed by atoms with van der Waals surface area (Å²) in [6, 6.07) is 22.4. The molecule has 0 unspecified atom stereocenters. The fourth-order valence-electron chi connectivity index (χ4n) is 2.78. The molecule has 0 aromatic heterocycles. The van der Waals surface area contributed by atoms with E-state index in [0.29, 0.717) is 48.3 Å². The fraction of sp³-hybridized carbons (Fsp3) is 0.208. The van der Waals surface area contributed by atoms with E-state index in [0.717, 1.165) is 5.56 Å². The number of carbonyl (C=O) groups excluding carboxylic acids is 1. The Morgan fingerprint density at radius 2 is 1.48 bits per heavy atom. The van der Waals surface area contributed by atoms with Gasteiger partial charge >= 0.3 is 0 Å². The Labute approximate surface area is 171 Å². The summed E-state index contributed by atoms with van der Waals surface area (Å²) >= 11 is 0. The van der Waals surface area contributed by atoms with Gasteiger partial charge in [-0.05, 0) is 55.8 Å². The summed E-state index contributed by atoms with van der Waals surface area (Å²) in [5, 5.41) is 2.89. The molecule has 1 N–H and O–H groups in total.